The molecule has 0 spiro atoms. The highest BCUT2D eigenvalue weighted by Crippen LogP contribution is 2.38. The van der Waals surface area contributed by atoms with Crippen molar-refractivity contribution in [2.45, 2.75) is 13.0 Å². The highest BCUT2D eigenvalue weighted by atomic mass is 35.5. The van der Waals surface area contributed by atoms with E-state index in [1.807, 2.05) is 0 Å². The third-order valence-corrected chi connectivity index (χ3v) is 4.14. The van der Waals surface area contributed by atoms with Gasteiger partial charge in [-0.05, 0) is 43.3 Å². The van der Waals surface area contributed by atoms with Crippen LogP contribution in [0.25, 0.3) is 0 Å². The van der Waals surface area contributed by atoms with Gasteiger partial charge in [-0.15, -0.1) is 0 Å². The van der Waals surface area contributed by atoms with Crippen molar-refractivity contribution >= 4 is 23.4 Å². The summed E-state index contributed by atoms with van der Waals surface area (Å²) in [6.07, 6.45) is -0.956. The number of carbonyl (C=O) groups is 2. The van der Waals surface area contributed by atoms with Crippen LogP contribution in [-0.4, -0.2) is 38.2 Å². The summed E-state index contributed by atoms with van der Waals surface area (Å²) < 4.78 is 21.2. The Bertz CT molecular complexity index is 831. The maximum atomic E-state index is 12.4. The first-order chi connectivity index (χ1) is 12.5. The number of rotatable bonds is 5. The van der Waals surface area contributed by atoms with Crippen molar-refractivity contribution in [2.75, 3.05) is 20.3 Å². The smallest absolute Gasteiger partial charge is 0.339 e. The number of Topliss-reactive ketones (excluding diaryl/α,β-unsaturated/α-hetero) is 1. The molecule has 1 atom stereocenters. The van der Waals surface area contributed by atoms with Crippen LogP contribution in [0.15, 0.2) is 36.4 Å². The quantitative estimate of drug-likeness (QED) is 0.587. The van der Waals surface area contributed by atoms with Gasteiger partial charge in [-0.2, -0.15) is 0 Å². The summed E-state index contributed by atoms with van der Waals surface area (Å²) in [5.41, 5.74) is 0.611. The largest absolute Gasteiger partial charge is 0.497 e. The van der Waals surface area contributed by atoms with Crippen LogP contribution >= 0.6 is 11.6 Å². The Hall–Kier alpha value is -2.73. The molecule has 136 valence electrons. The van der Waals surface area contributed by atoms with Crippen molar-refractivity contribution in [3.8, 4) is 17.2 Å². The van der Waals surface area contributed by atoms with Crippen molar-refractivity contribution in [2.24, 2.45) is 0 Å². The molecule has 3 rings (SSSR count). The molecule has 7 heteroatoms. The number of halogens is 1. The lowest BCUT2D eigenvalue weighted by atomic mass is 10.1. The van der Waals surface area contributed by atoms with Crippen molar-refractivity contribution in [3.05, 3.63) is 52.5 Å². The van der Waals surface area contributed by atoms with E-state index in [0.29, 0.717) is 36.0 Å². The molecule has 2 aromatic carbocycles. The van der Waals surface area contributed by atoms with Crippen LogP contribution in [-0.2, 0) is 4.74 Å². The summed E-state index contributed by atoms with van der Waals surface area (Å²) in [5, 5.41) is 0.253. The topological polar surface area (TPSA) is 71.1 Å². The van der Waals surface area contributed by atoms with Crippen molar-refractivity contribution in [1.29, 1.82) is 0 Å². The van der Waals surface area contributed by atoms with Crippen LogP contribution in [0, 0.1) is 0 Å². The molecule has 1 heterocycles. The minimum absolute atomic E-state index is 0.189. The lowest BCUT2D eigenvalue weighted by Gasteiger charge is -2.20. The fraction of sp³-hybridized carbons (Fsp3) is 0.263. The molecule has 0 N–H and O–H groups in total. The molecule has 0 saturated carbocycles. The predicted molar refractivity (Wildman–Crippen MR) is 94.6 cm³/mol. The van der Waals surface area contributed by atoms with Gasteiger partial charge in [-0.3, -0.25) is 4.79 Å². The van der Waals surface area contributed by atoms with Gasteiger partial charge in [0.05, 0.1) is 17.7 Å². The second-order valence-corrected chi connectivity index (χ2v) is 6.03. The third kappa shape index (κ3) is 3.75. The monoisotopic (exact) mass is 376 g/mol. The van der Waals surface area contributed by atoms with Gasteiger partial charge in [0, 0.05) is 5.56 Å². The third-order valence-electron chi connectivity index (χ3n) is 3.86. The van der Waals surface area contributed by atoms with Crippen LogP contribution in [0.3, 0.4) is 0 Å². The maximum absolute atomic E-state index is 12.4. The van der Waals surface area contributed by atoms with E-state index in [1.165, 1.54) is 19.1 Å². The first-order valence-corrected chi connectivity index (χ1v) is 8.36. The Balaban J connectivity index is 1.72. The van der Waals surface area contributed by atoms with Crippen molar-refractivity contribution < 1.29 is 28.5 Å². The zero-order chi connectivity index (χ0) is 18.7. The second kappa shape index (κ2) is 7.66. The zero-order valence-corrected chi connectivity index (χ0v) is 15.0. The molecule has 0 bridgehead atoms. The van der Waals surface area contributed by atoms with Crippen LogP contribution in [0.1, 0.15) is 27.6 Å². The molecule has 0 fully saturated rings. The summed E-state index contributed by atoms with van der Waals surface area (Å²) in [6.45, 7) is 2.28. The molecule has 1 aliphatic rings. The fourth-order valence-corrected chi connectivity index (χ4v) is 2.77. The van der Waals surface area contributed by atoms with Crippen molar-refractivity contribution in [1.82, 2.24) is 0 Å². The van der Waals surface area contributed by atoms with E-state index >= 15 is 0 Å². The average molecular weight is 377 g/mol. The number of fused-ring (bicyclic) bond motifs is 1. The summed E-state index contributed by atoms with van der Waals surface area (Å²) in [6, 6.07) is 9.50. The van der Waals surface area contributed by atoms with Gasteiger partial charge in [-0.25, -0.2) is 4.79 Å². The number of hydrogen-bond acceptors (Lipinski definition) is 6. The van der Waals surface area contributed by atoms with E-state index in [9.17, 15) is 9.59 Å². The van der Waals surface area contributed by atoms with Crippen LogP contribution < -0.4 is 14.2 Å². The molecule has 1 aliphatic heterocycles. The molecule has 0 saturated heterocycles. The molecular weight excluding hydrogens is 360 g/mol. The second-order valence-electron chi connectivity index (χ2n) is 5.62. The van der Waals surface area contributed by atoms with E-state index in [2.05, 4.69) is 0 Å². The molecular formula is C19H17ClO6. The SMILES string of the molecule is COc1ccc(C(=O)C(C)OC(=O)c2cc(Cl)c3c(c2)OCCO3)cc1. The maximum Gasteiger partial charge on any atom is 0.339 e. The number of hydrogen-bond donors (Lipinski definition) is 0. The molecule has 2 aromatic rings. The van der Waals surface area contributed by atoms with E-state index in [-0.39, 0.29) is 16.4 Å². The minimum atomic E-state index is -0.956. The van der Waals surface area contributed by atoms with Crippen LogP contribution in [0.5, 0.6) is 17.2 Å². The Kier molecular flexibility index (Phi) is 5.32. The molecule has 0 aliphatic carbocycles. The molecule has 1 unspecified atom stereocenters. The van der Waals surface area contributed by atoms with Gasteiger partial charge in [0.15, 0.2) is 17.6 Å². The molecule has 0 radical (unpaired) electrons. The first kappa shape index (κ1) is 18.1. The predicted octanol–water partition coefficient (Wildman–Crippen LogP) is 3.55. The van der Waals surface area contributed by atoms with E-state index < -0.39 is 12.1 Å². The number of benzene rings is 2. The van der Waals surface area contributed by atoms with E-state index in [1.54, 1.807) is 31.4 Å². The Morgan fingerprint density at radius 2 is 1.77 bits per heavy atom. The molecule has 0 aromatic heterocycles. The van der Waals surface area contributed by atoms with Gasteiger partial charge in [0.2, 0.25) is 5.78 Å². The molecule has 6 nitrogen and oxygen atoms in total. The summed E-state index contributed by atoms with van der Waals surface area (Å²) in [7, 11) is 1.54. The highest BCUT2D eigenvalue weighted by molar-refractivity contribution is 6.32. The molecule has 26 heavy (non-hydrogen) atoms. The normalized spacial score (nSPS) is 13.7. The average Bonchev–Trinajstić information content (AvgIpc) is 2.67. The lowest BCUT2D eigenvalue weighted by molar-refractivity contribution is 0.0318. The number of methoxy groups -OCH3 is 1. The van der Waals surface area contributed by atoms with Gasteiger partial charge in [0.1, 0.15) is 19.0 Å². The Morgan fingerprint density at radius 1 is 1.08 bits per heavy atom. The Morgan fingerprint density at radius 3 is 2.46 bits per heavy atom. The minimum Gasteiger partial charge on any atom is -0.497 e. The van der Waals surface area contributed by atoms with E-state index in [4.69, 9.17) is 30.5 Å². The Labute approximate surface area is 155 Å². The standard InChI is InChI=1S/C19H17ClO6/c1-11(17(21)12-3-5-14(23-2)6-4-12)26-19(22)13-9-15(20)18-16(10-13)24-7-8-25-18/h3-6,9-11H,7-8H2,1-2H3. The van der Waals surface area contributed by atoms with Gasteiger partial charge < -0.3 is 18.9 Å². The van der Waals surface area contributed by atoms with Gasteiger partial charge in [0.25, 0.3) is 0 Å². The van der Waals surface area contributed by atoms with Gasteiger partial charge in [-0.1, -0.05) is 11.6 Å². The summed E-state index contributed by atoms with van der Waals surface area (Å²) in [5.74, 6) is 0.432. The summed E-state index contributed by atoms with van der Waals surface area (Å²) in [4.78, 5) is 24.8. The first-order valence-electron chi connectivity index (χ1n) is 7.98. The van der Waals surface area contributed by atoms with Gasteiger partial charge >= 0.3 is 5.97 Å². The van der Waals surface area contributed by atoms with Crippen LogP contribution in [0.2, 0.25) is 5.02 Å². The lowest BCUT2D eigenvalue weighted by Crippen LogP contribution is -2.24. The van der Waals surface area contributed by atoms with Crippen molar-refractivity contribution in [3.63, 3.8) is 0 Å². The number of esters is 1. The number of ether oxygens (including phenoxy) is 4. The zero-order valence-electron chi connectivity index (χ0n) is 14.3. The highest BCUT2D eigenvalue weighted by Gasteiger charge is 2.24. The number of carbonyl (C=O) groups excluding carboxylic acids is 2. The van der Waals surface area contributed by atoms with E-state index in [0.717, 1.165) is 0 Å². The summed E-state index contributed by atoms with van der Waals surface area (Å²) >= 11 is 6.12. The number of ketones is 1. The fourth-order valence-electron chi connectivity index (χ4n) is 2.50. The molecule has 0 amide bonds. The van der Waals surface area contributed by atoms with Crippen LogP contribution in [0.4, 0.5) is 0 Å².